The van der Waals surface area contributed by atoms with Crippen LogP contribution in [0.3, 0.4) is 0 Å². The molecule has 5 nitrogen and oxygen atoms in total. The van der Waals surface area contributed by atoms with E-state index in [1.807, 2.05) is 17.0 Å². The van der Waals surface area contributed by atoms with Crippen LogP contribution >= 0.6 is 0 Å². The fourth-order valence-electron chi connectivity index (χ4n) is 3.35. The molecule has 1 aromatic heterocycles. The van der Waals surface area contributed by atoms with Crippen molar-refractivity contribution in [2.24, 2.45) is 5.92 Å². The highest BCUT2D eigenvalue weighted by molar-refractivity contribution is 5.99. The van der Waals surface area contributed by atoms with Crippen LogP contribution in [0.5, 0.6) is 0 Å². The van der Waals surface area contributed by atoms with Crippen LogP contribution in [0.15, 0.2) is 48.8 Å². The highest BCUT2D eigenvalue weighted by atomic mass is 16.2. The third-order valence-electron chi connectivity index (χ3n) is 5.26. The Hall–Kier alpha value is -2.69. The maximum Gasteiger partial charge on any atom is 0.253 e. The normalized spacial score (nSPS) is 14.8. The smallest absolute Gasteiger partial charge is 0.253 e. The molecule has 0 spiro atoms. The lowest BCUT2D eigenvalue weighted by molar-refractivity contribution is 0.0697. The number of likely N-dealkylation sites (tertiary alicyclic amines) is 1. The number of rotatable bonds is 5. The first kappa shape index (κ1) is 19.1. The molecule has 0 saturated carbocycles. The molecule has 27 heavy (non-hydrogen) atoms. The van der Waals surface area contributed by atoms with Gasteiger partial charge in [-0.25, -0.2) is 0 Å². The Labute approximate surface area is 161 Å². The summed E-state index contributed by atoms with van der Waals surface area (Å²) >= 11 is 0. The van der Waals surface area contributed by atoms with Gasteiger partial charge in [-0.2, -0.15) is 0 Å². The van der Waals surface area contributed by atoms with Crippen LogP contribution in [0, 0.1) is 5.92 Å². The van der Waals surface area contributed by atoms with Crippen LogP contribution < -0.4 is 0 Å². The molecule has 1 saturated heterocycles. The second kappa shape index (κ2) is 8.80. The minimum atomic E-state index is -0.0639. The van der Waals surface area contributed by atoms with Crippen molar-refractivity contribution in [2.45, 2.75) is 26.2 Å². The van der Waals surface area contributed by atoms with Crippen LogP contribution in [0.2, 0.25) is 0 Å². The second-order valence-corrected chi connectivity index (χ2v) is 7.39. The third-order valence-corrected chi connectivity index (χ3v) is 5.26. The lowest BCUT2D eigenvalue weighted by Gasteiger charge is -2.30. The van der Waals surface area contributed by atoms with E-state index in [1.54, 1.807) is 48.6 Å². The van der Waals surface area contributed by atoms with E-state index < -0.39 is 0 Å². The Kier molecular flexibility index (Phi) is 6.22. The second-order valence-electron chi connectivity index (χ2n) is 7.39. The van der Waals surface area contributed by atoms with Crippen molar-refractivity contribution in [2.75, 3.05) is 26.7 Å². The number of hydrogen-bond acceptors (Lipinski definition) is 3. The summed E-state index contributed by atoms with van der Waals surface area (Å²) < 4.78 is 0. The van der Waals surface area contributed by atoms with Crippen LogP contribution in [-0.4, -0.2) is 53.3 Å². The summed E-state index contributed by atoms with van der Waals surface area (Å²) in [6, 6.07) is 11.0. The number of nitrogens with zero attached hydrogens (tertiary/aromatic N) is 3. The van der Waals surface area contributed by atoms with Crippen molar-refractivity contribution in [1.29, 1.82) is 0 Å². The summed E-state index contributed by atoms with van der Waals surface area (Å²) in [6.07, 6.45) is 6.38. The molecular formula is C22H27N3O2. The number of piperidine rings is 1. The lowest BCUT2D eigenvalue weighted by Crippen LogP contribution is -2.38. The van der Waals surface area contributed by atoms with Crippen LogP contribution in [-0.2, 0) is 6.42 Å². The molecule has 0 aliphatic carbocycles. The molecule has 1 aliphatic heterocycles. The summed E-state index contributed by atoms with van der Waals surface area (Å²) in [4.78, 5) is 33.1. The minimum Gasteiger partial charge on any atom is -0.341 e. The van der Waals surface area contributed by atoms with E-state index in [0.717, 1.165) is 37.9 Å². The zero-order valence-electron chi connectivity index (χ0n) is 16.1. The predicted octanol–water partition coefficient (Wildman–Crippen LogP) is 3.27. The topological polar surface area (TPSA) is 53.5 Å². The Morgan fingerprint density at radius 3 is 2.48 bits per heavy atom. The zero-order chi connectivity index (χ0) is 19.2. The lowest BCUT2D eigenvalue weighted by atomic mass is 9.98. The van der Waals surface area contributed by atoms with Gasteiger partial charge in [0, 0.05) is 50.2 Å². The molecule has 0 bridgehead atoms. The molecule has 1 fully saturated rings. The number of hydrogen-bond donors (Lipinski definition) is 0. The Bertz CT molecular complexity index is 783. The SMILES string of the molecule is CC1CCN(C(=O)c2cccc(C(=O)N(C)CCc3ccncc3)c2)CC1. The average Bonchev–Trinajstić information content (AvgIpc) is 2.72. The Morgan fingerprint density at radius 2 is 1.78 bits per heavy atom. The summed E-state index contributed by atoms with van der Waals surface area (Å²) in [7, 11) is 1.80. The molecule has 0 atom stereocenters. The summed E-state index contributed by atoms with van der Waals surface area (Å²) in [5, 5.41) is 0. The van der Waals surface area contributed by atoms with E-state index in [-0.39, 0.29) is 11.8 Å². The maximum atomic E-state index is 12.8. The quantitative estimate of drug-likeness (QED) is 0.817. The number of aromatic nitrogens is 1. The molecule has 2 aromatic rings. The van der Waals surface area contributed by atoms with Gasteiger partial charge in [0.2, 0.25) is 0 Å². The molecule has 2 heterocycles. The van der Waals surface area contributed by atoms with E-state index in [4.69, 9.17) is 0 Å². The van der Waals surface area contributed by atoms with E-state index in [0.29, 0.717) is 23.6 Å². The minimum absolute atomic E-state index is 0.0241. The number of amides is 2. The van der Waals surface area contributed by atoms with Gasteiger partial charge in [0.05, 0.1) is 0 Å². The van der Waals surface area contributed by atoms with Crippen LogP contribution in [0.4, 0.5) is 0 Å². The molecule has 142 valence electrons. The largest absolute Gasteiger partial charge is 0.341 e. The van der Waals surface area contributed by atoms with Crippen LogP contribution in [0.25, 0.3) is 0 Å². The molecule has 0 N–H and O–H groups in total. The fraction of sp³-hybridized carbons (Fsp3) is 0.409. The van der Waals surface area contributed by atoms with Gasteiger partial charge in [0.25, 0.3) is 11.8 Å². The number of carbonyl (C=O) groups excluding carboxylic acids is 2. The molecule has 1 aromatic carbocycles. The van der Waals surface area contributed by atoms with Gasteiger partial charge >= 0.3 is 0 Å². The zero-order valence-corrected chi connectivity index (χ0v) is 16.1. The number of pyridine rings is 1. The van der Waals surface area contributed by atoms with Gasteiger partial charge in [0.15, 0.2) is 0 Å². The van der Waals surface area contributed by atoms with Gasteiger partial charge in [-0.3, -0.25) is 14.6 Å². The van der Waals surface area contributed by atoms with Gasteiger partial charge in [-0.1, -0.05) is 13.0 Å². The molecule has 3 rings (SSSR count). The summed E-state index contributed by atoms with van der Waals surface area (Å²) in [5.74, 6) is 0.637. The highest BCUT2D eigenvalue weighted by Crippen LogP contribution is 2.19. The monoisotopic (exact) mass is 365 g/mol. The van der Waals surface area contributed by atoms with Crippen molar-refractivity contribution in [3.05, 3.63) is 65.5 Å². The molecule has 1 aliphatic rings. The first-order valence-corrected chi connectivity index (χ1v) is 9.58. The number of carbonyl (C=O) groups is 2. The predicted molar refractivity (Wildman–Crippen MR) is 106 cm³/mol. The molecular weight excluding hydrogens is 338 g/mol. The van der Waals surface area contributed by atoms with Crippen molar-refractivity contribution in [1.82, 2.24) is 14.8 Å². The fourth-order valence-corrected chi connectivity index (χ4v) is 3.35. The van der Waals surface area contributed by atoms with E-state index in [2.05, 4.69) is 11.9 Å². The first-order valence-electron chi connectivity index (χ1n) is 9.58. The highest BCUT2D eigenvalue weighted by Gasteiger charge is 2.22. The third kappa shape index (κ3) is 4.94. The standard InChI is InChI=1S/C22H27N3O2/c1-17-8-14-25(15-9-17)22(27)20-5-3-4-19(16-20)21(26)24(2)13-10-18-6-11-23-12-7-18/h3-7,11-12,16-17H,8-10,13-15H2,1-2H3. The van der Waals surface area contributed by atoms with Crippen molar-refractivity contribution < 1.29 is 9.59 Å². The van der Waals surface area contributed by atoms with Crippen molar-refractivity contribution >= 4 is 11.8 Å². The van der Waals surface area contributed by atoms with Gasteiger partial charge < -0.3 is 9.80 Å². The molecule has 0 radical (unpaired) electrons. The van der Waals surface area contributed by atoms with E-state index in [1.165, 1.54) is 0 Å². The average molecular weight is 365 g/mol. The van der Waals surface area contributed by atoms with E-state index in [9.17, 15) is 9.59 Å². The molecule has 0 unspecified atom stereocenters. The summed E-state index contributed by atoms with van der Waals surface area (Å²) in [6.45, 7) is 4.43. The van der Waals surface area contributed by atoms with Gasteiger partial charge in [-0.15, -0.1) is 0 Å². The Morgan fingerprint density at radius 1 is 1.11 bits per heavy atom. The van der Waals surface area contributed by atoms with Crippen molar-refractivity contribution in [3.8, 4) is 0 Å². The van der Waals surface area contributed by atoms with Crippen molar-refractivity contribution in [3.63, 3.8) is 0 Å². The Balaban J connectivity index is 1.63. The molecule has 2 amide bonds. The van der Waals surface area contributed by atoms with Crippen LogP contribution in [0.1, 0.15) is 46.0 Å². The van der Waals surface area contributed by atoms with Gasteiger partial charge in [-0.05, 0) is 61.1 Å². The molecule has 5 heteroatoms. The first-order chi connectivity index (χ1) is 13.0. The number of benzene rings is 1. The van der Waals surface area contributed by atoms with E-state index >= 15 is 0 Å². The number of likely N-dealkylation sites (N-methyl/N-ethyl adjacent to an activating group) is 1. The maximum absolute atomic E-state index is 12.8. The summed E-state index contributed by atoms with van der Waals surface area (Å²) in [5.41, 5.74) is 2.30. The van der Waals surface area contributed by atoms with Gasteiger partial charge in [0.1, 0.15) is 0 Å².